The number of aromatic hydroxyl groups is 1. The van der Waals surface area contributed by atoms with Crippen molar-refractivity contribution in [3.05, 3.63) is 76.0 Å². The first-order valence-corrected chi connectivity index (χ1v) is 8.69. The van der Waals surface area contributed by atoms with Crippen molar-refractivity contribution in [1.82, 2.24) is 0 Å². The lowest BCUT2D eigenvalue weighted by Crippen LogP contribution is -2.03. The summed E-state index contributed by atoms with van der Waals surface area (Å²) in [6, 6.07) is 9.69. The van der Waals surface area contributed by atoms with Gasteiger partial charge >= 0.3 is 5.97 Å². The van der Waals surface area contributed by atoms with Gasteiger partial charge in [0.25, 0.3) is 0 Å². The second-order valence-electron chi connectivity index (χ2n) is 6.60. The minimum absolute atomic E-state index is 0.113. The van der Waals surface area contributed by atoms with Crippen molar-refractivity contribution in [2.75, 3.05) is 0 Å². The Bertz CT molecular complexity index is 1160. The van der Waals surface area contributed by atoms with Crippen LogP contribution in [-0.2, 0) is 4.79 Å². The third kappa shape index (κ3) is 3.88. The number of carbonyl (C=O) groups is 1. The summed E-state index contributed by atoms with van der Waals surface area (Å²) in [6.45, 7) is 8.80. The molecule has 2 aromatic carbocycles. The van der Waals surface area contributed by atoms with Crippen molar-refractivity contribution < 1.29 is 19.1 Å². The summed E-state index contributed by atoms with van der Waals surface area (Å²) >= 11 is 0. The molecule has 0 spiro atoms. The second-order valence-corrected chi connectivity index (χ2v) is 6.60. The lowest BCUT2D eigenvalue weighted by molar-refractivity contribution is -0.131. The zero-order valence-electron chi connectivity index (χ0n) is 15.9. The average molecular weight is 376 g/mol. The summed E-state index contributed by atoms with van der Waals surface area (Å²) in [4.78, 5) is 23.7. The van der Waals surface area contributed by atoms with Gasteiger partial charge < -0.3 is 14.3 Å². The summed E-state index contributed by atoms with van der Waals surface area (Å²) in [5, 5.41) is 10.7. The van der Waals surface area contributed by atoms with Crippen LogP contribution in [0.1, 0.15) is 25.0 Å². The molecule has 1 heterocycles. The number of allylic oxidation sites excluding steroid dienone is 2. The van der Waals surface area contributed by atoms with Crippen LogP contribution in [0.4, 0.5) is 0 Å². The molecule has 0 radical (unpaired) electrons. The van der Waals surface area contributed by atoms with Crippen LogP contribution in [0.15, 0.2) is 63.8 Å². The van der Waals surface area contributed by atoms with Gasteiger partial charge in [0.15, 0.2) is 5.43 Å². The van der Waals surface area contributed by atoms with Crippen LogP contribution in [0.5, 0.6) is 11.5 Å². The van der Waals surface area contributed by atoms with Crippen LogP contribution in [0.2, 0.25) is 0 Å². The second kappa shape index (κ2) is 7.56. The van der Waals surface area contributed by atoms with Crippen LogP contribution in [0, 0.1) is 6.92 Å². The van der Waals surface area contributed by atoms with Crippen LogP contribution in [0.25, 0.3) is 28.4 Å². The van der Waals surface area contributed by atoms with Gasteiger partial charge in [-0.2, -0.15) is 0 Å². The van der Waals surface area contributed by atoms with E-state index >= 15 is 0 Å². The maximum Gasteiger partial charge on any atom is 0.308 e. The molecule has 28 heavy (non-hydrogen) atoms. The topological polar surface area (TPSA) is 76.7 Å². The molecule has 3 aromatic rings. The van der Waals surface area contributed by atoms with Gasteiger partial charge in [-0.05, 0) is 49.7 Å². The molecule has 1 N–H and O–H groups in total. The van der Waals surface area contributed by atoms with Crippen molar-refractivity contribution in [3.63, 3.8) is 0 Å². The largest absolute Gasteiger partial charge is 0.506 e. The molecule has 0 unspecified atom stereocenters. The average Bonchev–Trinajstić information content (AvgIpc) is 2.60. The third-order valence-corrected chi connectivity index (χ3v) is 4.17. The Kier molecular flexibility index (Phi) is 5.18. The fraction of sp³-hybridized carbons (Fsp3) is 0.130. The van der Waals surface area contributed by atoms with E-state index in [4.69, 9.17) is 9.15 Å². The summed E-state index contributed by atoms with van der Waals surface area (Å²) in [5.41, 5.74) is 2.77. The van der Waals surface area contributed by atoms with E-state index in [1.165, 1.54) is 13.0 Å². The highest BCUT2D eigenvalue weighted by molar-refractivity contribution is 5.90. The Balaban J connectivity index is 2.11. The van der Waals surface area contributed by atoms with Crippen molar-refractivity contribution in [1.29, 1.82) is 0 Å². The Hall–Kier alpha value is -3.60. The summed E-state index contributed by atoms with van der Waals surface area (Å²) < 4.78 is 10.9. The number of ether oxygens (including phenoxy) is 1. The number of hydrogen-bond donors (Lipinski definition) is 1. The SMILES string of the molecule is C=C(C)/C=C/c1c(C)cc2oc(-c3ccc(OC(C)=O)cc3)cc(=O)c2c1O. The Morgan fingerprint density at radius 3 is 2.46 bits per heavy atom. The molecule has 0 saturated carbocycles. The third-order valence-electron chi connectivity index (χ3n) is 4.17. The molecule has 0 aliphatic rings. The molecule has 0 saturated heterocycles. The lowest BCUT2D eigenvalue weighted by Gasteiger charge is -2.10. The number of aryl methyl sites for hydroxylation is 1. The van der Waals surface area contributed by atoms with E-state index in [0.717, 1.165) is 11.1 Å². The van der Waals surface area contributed by atoms with Crippen LogP contribution >= 0.6 is 0 Å². The van der Waals surface area contributed by atoms with E-state index in [-0.39, 0.29) is 16.6 Å². The van der Waals surface area contributed by atoms with E-state index < -0.39 is 5.97 Å². The van der Waals surface area contributed by atoms with E-state index in [2.05, 4.69) is 6.58 Å². The molecular formula is C23H20O5. The number of benzene rings is 2. The summed E-state index contributed by atoms with van der Waals surface area (Å²) in [7, 11) is 0. The quantitative estimate of drug-likeness (QED) is 0.394. The highest BCUT2D eigenvalue weighted by Gasteiger charge is 2.15. The van der Waals surface area contributed by atoms with Crippen molar-refractivity contribution in [2.45, 2.75) is 20.8 Å². The predicted molar refractivity (Wildman–Crippen MR) is 109 cm³/mol. The molecule has 0 aliphatic carbocycles. The van der Waals surface area contributed by atoms with Crippen LogP contribution in [0.3, 0.4) is 0 Å². The maximum atomic E-state index is 12.7. The smallest absolute Gasteiger partial charge is 0.308 e. The number of esters is 1. The van der Waals surface area contributed by atoms with Crippen molar-refractivity contribution in [3.8, 4) is 22.8 Å². The minimum atomic E-state index is -0.410. The van der Waals surface area contributed by atoms with Gasteiger partial charge in [0.2, 0.25) is 0 Å². The highest BCUT2D eigenvalue weighted by Crippen LogP contribution is 2.33. The molecule has 3 rings (SSSR count). The monoisotopic (exact) mass is 376 g/mol. The minimum Gasteiger partial charge on any atom is -0.506 e. The molecule has 0 fully saturated rings. The maximum absolute atomic E-state index is 12.7. The first-order chi connectivity index (χ1) is 13.3. The zero-order chi connectivity index (χ0) is 20.4. The molecular weight excluding hydrogens is 356 g/mol. The van der Waals surface area contributed by atoms with Crippen molar-refractivity contribution >= 4 is 23.0 Å². The first kappa shape index (κ1) is 19.2. The van der Waals surface area contributed by atoms with Crippen molar-refractivity contribution in [2.24, 2.45) is 0 Å². The predicted octanol–water partition coefficient (Wildman–Crippen LogP) is 4.99. The van der Waals surface area contributed by atoms with E-state index in [1.54, 1.807) is 42.5 Å². The molecule has 142 valence electrons. The van der Waals surface area contributed by atoms with Gasteiger partial charge in [0.1, 0.15) is 28.2 Å². The fourth-order valence-electron chi connectivity index (χ4n) is 2.87. The normalized spacial score (nSPS) is 11.1. The van der Waals surface area contributed by atoms with Gasteiger partial charge in [-0.15, -0.1) is 0 Å². The fourth-order valence-corrected chi connectivity index (χ4v) is 2.87. The van der Waals surface area contributed by atoms with Gasteiger partial charge in [0, 0.05) is 24.1 Å². The van der Waals surface area contributed by atoms with E-state index in [9.17, 15) is 14.7 Å². The molecule has 0 amide bonds. The lowest BCUT2D eigenvalue weighted by atomic mass is 10.0. The standard InChI is InChI=1S/C23H20O5/c1-13(2)5-10-18-14(3)11-21-22(23(18)26)19(25)12-20(28-21)16-6-8-17(9-7-16)27-15(4)24/h5-12,26H,1H2,2-4H3/b10-5+. The molecule has 0 atom stereocenters. The molecule has 5 heteroatoms. The van der Waals surface area contributed by atoms with Gasteiger partial charge in [-0.1, -0.05) is 24.3 Å². The highest BCUT2D eigenvalue weighted by atomic mass is 16.5. The van der Waals surface area contributed by atoms with Crippen LogP contribution in [-0.4, -0.2) is 11.1 Å². The number of rotatable bonds is 4. The van der Waals surface area contributed by atoms with Gasteiger partial charge in [-0.3, -0.25) is 9.59 Å². The number of carbonyl (C=O) groups excluding carboxylic acids is 1. The molecule has 5 nitrogen and oxygen atoms in total. The Morgan fingerprint density at radius 2 is 1.86 bits per heavy atom. The number of phenols is 1. The van der Waals surface area contributed by atoms with Gasteiger partial charge in [-0.25, -0.2) is 0 Å². The van der Waals surface area contributed by atoms with E-state index in [0.29, 0.717) is 28.2 Å². The number of phenolic OH excluding ortho intramolecular Hbond substituents is 1. The van der Waals surface area contributed by atoms with E-state index in [1.807, 2.05) is 13.8 Å². The Morgan fingerprint density at radius 1 is 1.18 bits per heavy atom. The molecule has 0 aliphatic heterocycles. The van der Waals surface area contributed by atoms with Gasteiger partial charge in [0.05, 0.1) is 0 Å². The number of hydrogen-bond acceptors (Lipinski definition) is 5. The number of fused-ring (bicyclic) bond motifs is 1. The molecule has 0 bridgehead atoms. The molecule has 1 aromatic heterocycles. The first-order valence-electron chi connectivity index (χ1n) is 8.69. The summed E-state index contributed by atoms with van der Waals surface area (Å²) in [6.07, 6.45) is 3.50. The Labute approximate surface area is 162 Å². The zero-order valence-corrected chi connectivity index (χ0v) is 15.9. The van der Waals surface area contributed by atoms with Crippen LogP contribution < -0.4 is 10.2 Å². The summed E-state index contributed by atoms with van der Waals surface area (Å²) in [5.74, 6) is 0.239.